The third kappa shape index (κ3) is 12.7. The molecule has 14 N–H and O–H groups in total. The maximum absolute atomic E-state index is 12.4. The SMILES string of the molecule is CC(C)C[C@@H]1O[C@H]1[C@@](C)(O)[C@H]1CC[C@H]2[C@@H]3C[C@H](O[C@@H]4O[C@H](C)[C@@H](O)[C@H](O[C@@H]5OC[C@@H](O[C@@H]6O[C@H](CO)[C@H](O)[C@H](O)[C@H]6O[C@@H]6O[C@H](C)[C@@H](O)[C@H](O)[C@H]6O)[C@H](O)[C@H]5O[C@H]5O[C@@H](C)[C@H](O)[C@@H](O)[C@@H]5O)[C@H]4O)[C@H]4C[C@@H](OS(=O)(=O)O)CC[C@]4(C)C3=CC[C@]12C. The van der Waals surface area contributed by atoms with Crippen molar-refractivity contribution >= 4 is 10.4 Å². The van der Waals surface area contributed by atoms with Gasteiger partial charge in [-0.15, -0.1) is 0 Å². The minimum absolute atomic E-state index is 0.0379. The quantitative estimate of drug-likeness (QED) is 0.0395. The summed E-state index contributed by atoms with van der Waals surface area (Å²) in [6.07, 6.45) is -36.2. The van der Waals surface area contributed by atoms with Crippen molar-refractivity contribution in [2.24, 2.45) is 40.4 Å². The first-order chi connectivity index (χ1) is 39.8. The molecule has 0 aromatic heterocycles. The van der Waals surface area contributed by atoms with E-state index in [1.807, 2.05) is 6.92 Å². The zero-order chi connectivity index (χ0) is 61.9. The molecule has 6 saturated heterocycles. The Morgan fingerprint density at radius 2 is 1.18 bits per heavy atom. The average Bonchev–Trinajstić information content (AvgIpc) is 1.72. The number of epoxide rings is 1. The molecule has 0 amide bonds. The molecular formula is C56H92O28S. The predicted octanol–water partition coefficient (Wildman–Crippen LogP) is -2.87. The molecule has 490 valence electrons. The molecule has 3 saturated carbocycles. The van der Waals surface area contributed by atoms with Crippen LogP contribution in [0.1, 0.15) is 107 Å². The van der Waals surface area contributed by atoms with Crippen LogP contribution in [0.15, 0.2) is 11.6 Å². The van der Waals surface area contributed by atoms with Gasteiger partial charge < -0.3 is 118 Å². The molecule has 85 heavy (non-hydrogen) atoms. The van der Waals surface area contributed by atoms with E-state index in [1.165, 1.54) is 26.3 Å². The van der Waals surface area contributed by atoms with Crippen LogP contribution in [0.5, 0.6) is 0 Å². The number of allylic oxidation sites excluding steroid dienone is 2. The van der Waals surface area contributed by atoms with Crippen LogP contribution >= 0.6 is 0 Å². The molecule has 28 nitrogen and oxygen atoms in total. The Kier molecular flexibility index (Phi) is 19.8. The van der Waals surface area contributed by atoms with Crippen molar-refractivity contribution in [3.8, 4) is 0 Å². The van der Waals surface area contributed by atoms with Gasteiger partial charge in [-0.1, -0.05) is 39.3 Å². The van der Waals surface area contributed by atoms with Crippen LogP contribution in [-0.4, -0.2) is 270 Å². The highest BCUT2D eigenvalue weighted by atomic mass is 32.3. The van der Waals surface area contributed by atoms with Gasteiger partial charge in [0.1, 0.15) is 104 Å². The Labute approximate surface area is 494 Å². The molecule has 35 atom stereocenters. The lowest BCUT2D eigenvalue weighted by Crippen LogP contribution is -2.67. The second-order valence-corrected chi connectivity index (χ2v) is 28.0. The monoisotopic (exact) mass is 1240 g/mol. The summed E-state index contributed by atoms with van der Waals surface area (Å²) in [5, 5.41) is 146. The summed E-state index contributed by atoms with van der Waals surface area (Å²) in [5.41, 5.74) is -0.895. The first kappa shape index (κ1) is 66.6. The minimum Gasteiger partial charge on any atom is -0.394 e. The van der Waals surface area contributed by atoms with Crippen LogP contribution < -0.4 is 0 Å². The second kappa shape index (κ2) is 25.3. The summed E-state index contributed by atoms with van der Waals surface area (Å²) in [4.78, 5) is 0. The minimum atomic E-state index is -4.87. The van der Waals surface area contributed by atoms with Gasteiger partial charge >= 0.3 is 10.4 Å². The lowest BCUT2D eigenvalue weighted by Gasteiger charge is -2.60. The van der Waals surface area contributed by atoms with Crippen molar-refractivity contribution in [3.63, 3.8) is 0 Å². The molecule has 0 spiro atoms. The highest BCUT2D eigenvalue weighted by Crippen LogP contribution is 2.68. The summed E-state index contributed by atoms with van der Waals surface area (Å²) in [6, 6.07) is 0. The standard InChI is InChI=1S/C56H92O28S/c1-20(2)15-30-48(77-30)56(8,69)33-10-9-26-25-17-29(28-16-24(84-85(70,71)72)11-13-54(28,6)27(25)12-14-55(26,33)7)78-51-44(68)45(36(60)23(5)76-51)81-52-46(82-49-42(66)39(63)34(58)21(3)74-49)38(62)32(19-73-52)80-53-47(41(65)37(61)31(18-57)79-53)83-50-43(67)40(64)35(59)22(4)75-50/h12,20-26,28-53,57-69H,9-11,13-19H2,1-8H3,(H,70,71,72)/t21-,22+,23+,24-,25-,26-,28+,29-,30-,31+,32+,33-,34-,35+,36+,37-,38-,39+,40-,41-,42-,43+,44+,45-,46+,47+,48+,49+,50-,51-,52-,53-,54+,55-,56-/m0/s1. The van der Waals surface area contributed by atoms with Gasteiger partial charge in [-0.2, -0.15) is 8.42 Å². The van der Waals surface area contributed by atoms with E-state index in [1.54, 1.807) is 0 Å². The Bertz CT molecular complexity index is 2430. The summed E-state index contributed by atoms with van der Waals surface area (Å²) in [6.45, 7) is 13.2. The van der Waals surface area contributed by atoms with Gasteiger partial charge in [0.15, 0.2) is 31.5 Å². The van der Waals surface area contributed by atoms with Crippen molar-refractivity contribution in [2.45, 2.75) is 284 Å². The molecule has 6 heterocycles. The molecule has 4 aliphatic carbocycles. The maximum Gasteiger partial charge on any atom is 0.397 e. The number of hydrogen-bond donors (Lipinski definition) is 14. The molecule has 0 radical (unpaired) electrons. The Morgan fingerprint density at radius 3 is 1.76 bits per heavy atom. The molecule has 0 aromatic rings. The van der Waals surface area contributed by atoms with Crippen molar-refractivity contribution in [1.82, 2.24) is 0 Å². The largest absolute Gasteiger partial charge is 0.397 e. The Hall–Kier alpha value is -1.35. The molecule has 0 unspecified atom stereocenters. The van der Waals surface area contributed by atoms with Crippen molar-refractivity contribution in [3.05, 3.63) is 11.6 Å². The normalized spacial score (nSPS) is 53.7. The summed E-state index contributed by atoms with van der Waals surface area (Å²) in [5.74, 6) is -0.228. The van der Waals surface area contributed by atoms with Crippen LogP contribution in [0.4, 0.5) is 0 Å². The van der Waals surface area contributed by atoms with Crippen LogP contribution in [0.25, 0.3) is 0 Å². The number of ether oxygens (including phenoxy) is 11. The highest BCUT2D eigenvalue weighted by Gasteiger charge is 2.67. The fourth-order valence-electron chi connectivity index (χ4n) is 16.2. The Morgan fingerprint density at radius 1 is 0.612 bits per heavy atom. The Balaban J connectivity index is 0.911. The lowest BCUT2D eigenvalue weighted by molar-refractivity contribution is -0.398. The van der Waals surface area contributed by atoms with Gasteiger partial charge in [0.05, 0.1) is 55.4 Å². The zero-order valence-corrected chi connectivity index (χ0v) is 49.9. The van der Waals surface area contributed by atoms with Crippen molar-refractivity contribution in [1.29, 1.82) is 0 Å². The van der Waals surface area contributed by atoms with E-state index >= 15 is 0 Å². The molecule has 29 heteroatoms. The fourth-order valence-corrected chi connectivity index (χ4v) is 16.7. The molecule has 6 aliphatic heterocycles. The number of fused-ring (bicyclic) bond motifs is 5. The van der Waals surface area contributed by atoms with E-state index in [-0.39, 0.29) is 48.2 Å². The first-order valence-electron chi connectivity index (χ1n) is 30.1. The molecule has 10 rings (SSSR count). The summed E-state index contributed by atoms with van der Waals surface area (Å²) >= 11 is 0. The van der Waals surface area contributed by atoms with E-state index in [2.05, 4.69) is 33.8 Å². The van der Waals surface area contributed by atoms with Gasteiger partial charge in [-0.05, 0) is 119 Å². The number of aliphatic hydroxyl groups is 13. The van der Waals surface area contributed by atoms with Crippen molar-refractivity contribution in [2.75, 3.05) is 13.2 Å². The van der Waals surface area contributed by atoms with Crippen molar-refractivity contribution < 1.29 is 136 Å². The van der Waals surface area contributed by atoms with E-state index in [0.29, 0.717) is 25.2 Å². The number of aliphatic hydroxyl groups excluding tert-OH is 12. The van der Waals surface area contributed by atoms with Gasteiger partial charge in [0.25, 0.3) is 0 Å². The third-order valence-electron chi connectivity index (χ3n) is 20.9. The third-order valence-corrected chi connectivity index (χ3v) is 21.4. The summed E-state index contributed by atoms with van der Waals surface area (Å²) < 4.78 is 107. The summed E-state index contributed by atoms with van der Waals surface area (Å²) in [7, 11) is -4.87. The van der Waals surface area contributed by atoms with Gasteiger partial charge in [0.2, 0.25) is 0 Å². The van der Waals surface area contributed by atoms with Crippen LogP contribution in [0.3, 0.4) is 0 Å². The smallest absolute Gasteiger partial charge is 0.394 e. The van der Waals surface area contributed by atoms with Crippen LogP contribution in [0, 0.1) is 40.4 Å². The van der Waals surface area contributed by atoms with Gasteiger partial charge in [-0.25, -0.2) is 4.18 Å². The van der Waals surface area contributed by atoms with E-state index in [4.69, 9.17) is 56.3 Å². The van der Waals surface area contributed by atoms with E-state index < -0.39 is 200 Å². The number of rotatable bonds is 17. The second-order valence-electron chi connectivity index (χ2n) is 26.9. The van der Waals surface area contributed by atoms with E-state index in [9.17, 15) is 79.4 Å². The molecular weight excluding hydrogens is 1150 g/mol. The maximum atomic E-state index is 12.4. The molecule has 0 aromatic carbocycles. The first-order valence-corrected chi connectivity index (χ1v) is 31.5. The molecule has 9 fully saturated rings. The fraction of sp³-hybridized carbons (Fsp3) is 0.964. The van der Waals surface area contributed by atoms with Crippen LogP contribution in [0.2, 0.25) is 0 Å². The lowest BCUT2D eigenvalue weighted by atomic mass is 9.47. The molecule has 0 bridgehead atoms. The van der Waals surface area contributed by atoms with Gasteiger partial charge in [-0.3, -0.25) is 4.55 Å². The average molecular weight is 1250 g/mol. The predicted molar refractivity (Wildman–Crippen MR) is 285 cm³/mol. The zero-order valence-electron chi connectivity index (χ0n) is 49.1. The number of hydrogen-bond acceptors (Lipinski definition) is 27. The topological polar surface area (TPSA) is 431 Å². The van der Waals surface area contributed by atoms with E-state index in [0.717, 1.165) is 19.3 Å². The van der Waals surface area contributed by atoms with Crippen LogP contribution in [-0.2, 0) is 66.7 Å². The highest BCUT2D eigenvalue weighted by molar-refractivity contribution is 7.80. The van der Waals surface area contributed by atoms with Gasteiger partial charge in [0, 0.05) is 0 Å². The molecule has 10 aliphatic rings.